The minimum atomic E-state index is -1.64. The van der Waals surface area contributed by atoms with Crippen LogP contribution in [0.25, 0.3) is 11.0 Å². The zero-order valence-electron chi connectivity index (χ0n) is 13.9. The molecule has 3 aromatic rings. The number of pyridine rings is 2. The minimum Gasteiger partial charge on any atom is -0.382 e. The Bertz CT molecular complexity index is 969. The van der Waals surface area contributed by atoms with Gasteiger partial charge in [-0.25, -0.2) is 14.4 Å². The Hall–Kier alpha value is -1.26. The molecule has 0 bridgehead atoms. The highest BCUT2D eigenvalue weighted by Gasteiger charge is 2.25. The third kappa shape index (κ3) is 3.39. The van der Waals surface area contributed by atoms with Gasteiger partial charge in [-0.05, 0) is 44.0 Å². The molecule has 3 heterocycles. The van der Waals surface area contributed by atoms with E-state index in [0.717, 1.165) is 10.9 Å². The standard InChI is InChI=1S/C17H17Cl2FN3OP/c1-7-4-11(17(3,20)25)23-16-9(7)5-10(22-16)14(24)12-13(18)8(2)6-21-15(12)19/h4-6,14,24H,25H2,1-3H3,(H,22,23). The SMILES string of the molecule is Cc1cnc(Cl)c(C(O)c2cc3c(C)cc(C(C)(F)P)nc3[nH]2)c1Cl. The molecule has 2 N–H and O–H groups in total. The van der Waals surface area contributed by atoms with Gasteiger partial charge in [0.1, 0.15) is 16.9 Å². The molecule has 132 valence electrons. The molecule has 25 heavy (non-hydrogen) atoms. The van der Waals surface area contributed by atoms with Crippen LogP contribution >= 0.6 is 32.4 Å². The molecular formula is C17H17Cl2FN3OP. The molecule has 3 aromatic heterocycles. The quantitative estimate of drug-likeness (QED) is 0.482. The lowest BCUT2D eigenvalue weighted by molar-refractivity contribution is 0.216. The fraction of sp³-hybridized carbons (Fsp3) is 0.294. The van der Waals surface area contributed by atoms with Crippen molar-refractivity contribution in [1.29, 1.82) is 0 Å². The van der Waals surface area contributed by atoms with E-state index in [1.165, 1.54) is 6.92 Å². The average Bonchev–Trinajstić information content (AvgIpc) is 2.95. The number of halogens is 3. The minimum absolute atomic E-state index is 0.133. The van der Waals surface area contributed by atoms with Crippen LogP contribution in [-0.4, -0.2) is 20.1 Å². The summed E-state index contributed by atoms with van der Waals surface area (Å²) in [4.78, 5) is 11.4. The fourth-order valence-corrected chi connectivity index (χ4v) is 3.34. The van der Waals surface area contributed by atoms with E-state index in [4.69, 9.17) is 23.2 Å². The predicted octanol–water partition coefficient (Wildman–Crippen LogP) is 4.98. The topological polar surface area (TPSA) is 61.8 Å². The second-order valence-corrected chi connectivity index (χ2v) is 8.07. The number of rotatable bonds is 3. The number of nitrogens with one attached hydrogen (secondary N) is 1. The summed E-state index contributed by atoms with van der Waals surface area (Å²) < 4.78 is 14.2. The molecule has 0 spiro atoms. The zero-order valence-corrected chi connectivity index (χ0v) is 16.5. The number of fused-ring (bicyclic) bond motifs is 1. The van der Waals surface area contributed by atoms with E-state index in [9.17, 15) is 9.50 Å². The van der Waals surface area contributed by atoms with Crippen LogP contribution in [0.5, 0.6) is 0 Å². The molecule has 3 atom stereocenters. The van der Waals surface area contributed by atoms with Crippen LogP contribution in [0.2, 0.25) is 10.2 Å². The van der Waals surface area contributed by atoms with E-state index in [0.29, 0.717) is 33.2 Å². The predicted molar refractivity (Wildman–Crippen MR) is 102 cm³/mol. The van der Waals surface area contributed by atoms with Gasteiger partial charge in [-0.1, -0.05) is 32.4 Å². The van der Waals surface area contributed by atoms with Crippen molar-refractivity contribution in [3.8, 4) is 0 Å². The Balaban J connectivity index is 2.14. The van der Waals surface area contributed by atoms with Crippen LogP contribution in [0.1, 0.15) is 41.1 Å². The van der Waals surface area contributed by atoms with Gasteiger partial charge in [0.25, 0.3) is 0 Å². The van der Waals surface area contributed by atoms with Crippen molar-refractivity contribution < 1.29 is 9.50 Å². The van der Waals surface area contributed by atoms with Crippen LogP contribution in [0.3, 0.4) is 0 Å². The maximum atomic E-state index is 14.2. The molecule has 3 rings (SSSR count). The fourth-order valence-electron chi connectivity index (χ4n) is 2.66. The average molecular weight is 400 g/mol. The molecule has 0 saturated carbocycles. The number of hydrogen-bond donors (Lipinski definition) is 2. The summed E-state index contributed by atoms with van der Waals surface area (Å²) >= 11 is 12.4. The molecule has 0 fully saturated rings. The van der Waals surface area contributed by atoms with Gasteiger partial charge in [0.05, 0.1) is 16.4 Å². The highest BCUT2D eigenvalue weighted by atomic mass is 35.5. The van der Waals surface area contributed by atoms with Gasteiger partial charge in [0, 0.05) is 17.1 Å². The number of nitrogens with zero attached hydrogens (tertiary/aromatic N) is 2. The molecular weight excluding hydrogens is 383 g/mol. The lowest BCUT2D eigenvalue weighted by Crippen LogP contribution is -2.08. The van der Waals surface area contributed by atoms with Gasteiger partial charge in [-0.15, -0.1) is 0 Å². The highest BCUT2D eigenvalue weighted by molar-refractivity contribution is 7.18. The summed E-state index contributed by atoms with van der Waals surface area (Å²) in [6.45, 7) is 5.07. The molecule has 0 amide bonds. The van der Waals surface area contributed by atoms with Crippen LogP contribution in [0.4, 0.5) is 4.39 Å². The van der Waals surface area contributed by atoms with Crippen molar-refractivity contribution >= 4 is 43.5 Å². The first-order valence-electron chi connectivity index (χ1n) is 7.56. The summed E-state index contributed by atoms with van der Waals surface area (Å²) in [6.07, 6.45) is 0.447. The van der Waals surface area contributed by atoms with Gasteiger partial charge < -0.3 is 10.1 Å². The van der Waals surface area contributed by atoms with Crippen LogP contribution < -0.4 is 0 Å². The van der Waals surface area contributed by atoms with E-state index in [2.05, 4.69) is 24.2 Å². The molecule has 0 aromatic carbocycles. The van der Waals surface area contributed by atoms with Crippen LogP contribution in [0.15, 0.2) is 18.3 Å². The van der Waals surface area contributed by atoms with Gasteiger partial charge in [-0.2, -0.15) is 0 Å². The molecule has 3 unspecified atom stereocenters. The molecule has 0 radical (unpaired) electrons. The number of aliphatic hydroxyl groups is 1. The summed E-state index contributed by atoms with van der Waals surface area (Å²) in [5.74, 6) is 0. The van der Waals surface area contributed by atoms with E-state index >= 15 is 0 Å². The molecule has 4 nitrogen and oxygen atoms in total. The van der Waals surface area contributed by atoms with Crippen molar-refractivity contribution in [1.82, 2.24) is 15.0 Å². The summed E-state index contributed by atoms with van der Waals surface area (Å²) in [5, 5.41) is 10.4. The van der Waals surface area contributed by atoms with E-state index in [1.807, 2.05) is 6.92 Å². The highest BCUT2D eigenvalue weighted by Crippen LogP contribution is 2.37. The monoisotopic (exact) mass is 399 g/mol. The maximum absolute atomic E-state index is 14.2. The second-order valence-electron chi connectivity index (χ2n) is 6.25. The van der Waals surface area contributed by atoms with Crippen molar-refractivity contribution in [2.45, 2.75) is 32.3 Å². The third-order valence-electron chi connectivity index (χ3n) is 4.07. The zero-order chi connectivity index (χ0) is 18.5. The number of aromatic amines is 1. The lowest BCUT2D eigenvalue weighted by Gasteiger charge is -2.14. The summed E-state index contributed by atoms with van der Waals surface area (Å²) in [5.41, 5.74) is 3.13. The van der Waals surface area contributed by atoms with Crippen molar-refractivity contribution in [3.63, 3.8) is 0 Å². The first-order chi connectivity index (χ1) is 11.6. The van der Waals surface area contributed by atoms with Gasteiger partial charge in [0.15, 0.2) is 5.41 Å². The number of aliphatic hydroxyl groups excluding tert-OH is 1. The van der Waals surface area contributed by atoms with E-state index in [1.54, 1.807) is 25.3 Å². The lowest BCUT2D eigenvalue weighted by atomic mass is 10.1. The molecule has 8 heteroatoms. The van der Waals surface area contributed by atoms with Crippen molar-refractivity contribution in [2.24, 2.45) is 0 Å². The Morgan fingerprint density at radius 3 is 2.60 bits per heavy atom. The summed E-state index contributed by atoms with van der Waals surface area (Å²) in [7, 11) is 2.13. The normalized spacial score (nSPS) is 15.4. The molecule has 0 aliphatic carbocycles. The number of H-pyrrole nitrogens is 1. The number of aromatic nitrogens is 3. The number of aryl methyl sites for hydroxylation is 2. The maximum Gasteiger partial charge on any atom is 0.162 e. The van der Waals surface area contributed by atoms with Crippen molar-refractivity contribution in [3.05, 3.63) is 56.6 Å². The summed E-state index contributed by atoms with van der Waals surface area (Å²) in [6, 6.07) is 3.45. The van der Waals surface area contributed by atoms with Gasteiger partial charge >= 0.3 is 0 Å². The van der Waals surface area contributed by atoms with Gasteiger partial charge in [-0.3, -0.25) is 0 Å². The van der Waals surface area contributed by atoms with E-state index in [-0.39, 0.29) is 5.15 Å². The Kier molecular flexibility index (Phi) is 4.80. The second kappa shape index (κ2) is 6.48. The first kappa shape index (κ1) is 18.5. The third-order valence-corrected chi connectivity index (χ3v) is 5.17. The van der Waals surface area contributed by atoms with Crippen molar-refractivity contribution in [2.75, 3.05) is 0 Å². The molecule has 0 aliphatic rings. The van der Waals surface area contributed by atoms with E-state index < -0.39 is 11.5 Å². The molecule has 0 saturated heterocycles. The van der Waals surface area contributed by atoms with Crippen LogP contribution in [-0.2, 0) is 5.41 Å². The van der Waals surface area contributed by atoms with Crippen LogP contribution in [0, 0.1) is 13.8 Å². The molecule has 0 aliphatic heterocycles. The Morgan fingerprint density at radius 2 is 1.96 bits per heavy atom. The number of hydrogen-bond acceptors (Lipinski definition) is 3. The largest absolute Gasteiger partial charge is 0.382 e. The van der Waals surface area contributed by atoms with Gasteiger partial charge in [0.2, 0.25) is 0 Å². The Morgan fingerprint density at radius 1 is 1.28 bits per heavy atom. The smallest absolute Gasteiger partial charge is 0.162 e. The number of alkyl halides is 1. The Labute approximate surface area is 157 Å². The first-order valence-corrected chi connectivity index (χ1v) is 8.90.